The van der Waals surface area contributed by atoms with E-state index in [-0.39, 0.29) is 19.0 Å². The Labute approximate surface area is 186 Å². The highest BCUT2D eigenvalue weighted by Crippen LogP contribution is 2.33. The van der Waals surface area contributed by atoms with Crippen molar-refractivity contribution in [3.05, 3.63) is 71.6 Å². The molecule has 2 heterocycles. The summed E-state index contributed by atoms with van der Waals surface area (Å²) < 4.78 is 12.3. The van der Waals surface area contributed by atoms with E-state index < -0.39 is 5.60 Å². The van der Waals surface area contributed by atoms with Gasteiger partial charge in [0.15, 0.2) is 5.58 Å². The molecule has 2 aromatic carbocycles. The average molecular weight is 445 g/mol. The summed E-state index contributed by atoms with van der Waals surface area (Å²) >= 11 is 1.60. The minimum absolute atomic E-state index is 0. The molecule has 5 nitrogen and oxygen atoms in total. The van der Waals surface area contributed by atoms with Gasteiger partial charge in [-0.15, -0.1) is 23.7 Å². The van der Waals surface area contributed by atoms with Gasteiger partial charge in [0, 0.05) is 12.1 Å². The molecule has 0 spiro atoms. The van der Waals surface area contributed by atoms with E-state index in [1.165, 1.54) is 5.56 Å². The van der Waals surface area contributed by atoms with Crippen molar-refractivity contribution in [3.8, 4) is 17.0 Å². The molecular formula is C23H25ClN2O3S. The van der Waals surface area contributed by atoms with Gasteiger partial charge in [-0.1, -0.05) is 47.6 Å². The van der Waals surface area contributed by atoms with E-state index >= 15 is 0 Å². The lowest BCUT2D eigenvalue weighted by Crippen LogP contribution is -2.43. The van der Waals surface area contributed by atoms with Crippen LogP contribution in [0.2, 0.25) is 0 Å². The van der Waals surface area contributed by atoms with Crippen molar-refractivity contribution in [3.63, 3.8) is 0 Å². The van der Waals surface area contributed by atoms with Crippen molar-refractivity contribution in [1.29, 1.82) is 0 Å². The molecule has 0 bridgehead atoms. The van der Waals surface area contributed by atoms with Gasteiger partial charge in [0.05, 0.1) is 0 Å². The van der Waals surface area contributed by atoms with Crippen LogP contribution in [0.3, 0.4) is 0 Å². The Hall–Kier alpha value is -2.38. The highest BCUT2D eigenvalue weighted by molar-refractivity contribution is 7.17. The Morgan fingerprint density at radius 2 is 1.97 bits per heavy atom. The second kappa shape index (κ2) is 10.1. The van der Waals surface area contributed by atoms with Crippen LogP contribution in [0.15, 0.2) is 70.6 Å². The van der Waals surface area contributed by atoms with Gasteiger partial charge in [-0.05, 0) is 49.0 Å². The molecule has 1 atom stereocenters. The van der Waals surface area contributed by atoms with Crippen LogP contribution in [-0.4, -0.2) is 35.6 Å². The summed E-state index contributed by atoms with van der Waals surface area (Å²) in [6, 6.07) is 19.9. The van der Waals surface area contributed by atoms with Crippen molar-refractivity contribution < 1.29 is 14.4 Å². The van der Waals surface area contributed by atoms with Crippen molar-refractivity contribution in [2.75, 3.05) is 19.7 Å². The molecule has 4 rings (SSSR count). The van der Waals surface area contributed by atoms with Gasteiger partial charge < -0.3 is 19.7 Å². The van der Waals surface area contributed by atoms with Crippen LogP contribution in [0.1, 0.15) is 12.5 Å². The van der Waals surface area contributed by atoms with Crippen LogP contribution in [-0.2, 0) is 6.42 Å². The maximum absolute atomic E-state index is 10.6. The molecule has 0 aliphatic rings. The van der Waals surface area contributed by atoms with E-state index in [4.69, 9.17) is 9.26 Å². The molecule has 0 aliphatic carbocycles. The van der Waals surface area contributed by atoms with Crippen molar-refractivity contribution >= 4 is 34.0 Å². The number of thiophene rings is 1. The molecule has 7 heteroatoms. The molecule has 0 amide bonds. The summed E-state index contributed by atoms with van der Waals surface area (Å²) in [7, 11) is 0. The number of nitrogens with one attached hydrogen (secondary N) is 1. The van der Waals surface area contributed by atoms with Gasteiger partial charge >= 0.3 is 0 Å². The largest absolute Gasteiger partial charge is 0.491 e. The number of ether oxygens (including phenoxy) is 1. The minimum Gasteiger partial charge on any atom is -0.491 e. The third-order valence-corrected chi connectivity index (χ3v) is 5.58. The third-order valence-electron chi connectivity index (χ3n) is 4.68. The molecule has 0 radical (unpaired) electrons. The summed E-state index contributed by atoms with van der Waals surface area (Å²) in [5.41, 5.74) is 2.85. The van der Waals surface area contributed by atoms with Gasteiger partial charge in [-0.3, -0.25) is 0 Å². The predicted octanol–water partition coefficient (Wildman–Crippen LogP) is 4.94. The lowest BCUT2D eigenvalue weighted by Gasteiger charge is -2.24. The number of fused-ring (bicyclic) bond motifs is 1. The second-order valence-electron chi connectivity index (χ2n) is 7.37. The van der Waals surface area contributed by atoms with E-state index in [0.29, 0.717) is 12.3 Å². The Balaban J connectivity index is 0.00000256. The predicted molar refractivity (Wildman–Crippen MR) is 124 cm³/mol. The lowest BCUT2D eigenvalue weighted by molar-refractivity contribution is 0.0125. The fraction of sp³-hybridized carbons (Fsp3) is 0.261. The zero-order valence-electron chi connectivity index (χ0n) is 16.7. The standard InChI is InChI=1S/C23H24N2O3S.ClH/c1-23(26,15-24-12-10-17-6-3-2-4-7-17)16-27-19-9-5-8-18(14-19)21-22-20(28-25-21)11-13-29-22;/h2-9,11,13-14,24,26H,10,12,15-16H2,1H3;1H/t23-;/m1./s1. The van der Waals surface area contributed by atoms with Crippen LogP contribution in [0.25, 0.3) is 21.5 Å². The van der Waals surface area contributed by atoms with Crippen molar-refractivity contribution in [2.45, 2.75) is 18.9 Å². The Bertz CT molecular complexity index is 1060. The number of nitrogens with zero attached hydrogens (tertiary/aromatic N) is 1. The van der Waals surface area contributed by atoms with Crippen LogP contribution in [0, 0.1) is 0 Å². The zero-order valence-corrected chi connectivity index (χ0v) is 18.3. The number of rotatable bonds is 9. The van der Waals surface area contributed by atoms with Gasteiger partial charge in [0.25, 0.3) is 0 Å². The summed E-state index contributed by atoms with van der Waals surface area (Å²) in [5.74, 6) is 0.694. The minimum atomic E-state index is -0.971. The molecule has 0 saturated carbocycles. The topological polar surface area (TPSA) is 67.5 Å². The quantitative estimate of drug-likeness (QED) is 0.358. The van der Waals surface area contributed by atoms with Crippen LogP contribution >= 0.6 is 23.7 Å². The molecule has 0 fully saturated rings. The smallest absolute Gasteiger partial charge is 0.178 e. The second-order valence-corrected chi connectivity index (χ2v) is 8.29. The van der Waals surface area contributed by atoms with Crippen molar-refractivity contribution in [2.24, 2.45) is 0 Å². The first kappa shape index (κ1) is 22.3. The fourth-order valence-electron chi connectivity index (χ4n) is 3.12. The first-order valence-electron chi connectivity index (χ1n) is 9.64. The Kier molecular flexibility index (Phi) is 7.50. The van der Waals surface area contributed by atoms with E-state index in [9.17, 15) is 5.11 Å². The van der Waals surface area contributed by atoms with E-state index in [1.807, 2.05) is 53.9 Å². The van der Waals surface area contributed by atoms with Gasteiger partial charge in [-0.25, -0.2) is 0 Å². The third kappa shape index (κ3) is 5.61. The molecule has 30 heavy (non-hydrogen) atoms. The molecule has 2 N–H and O–H groups in total. The molecule has 158 valence electrons. The van der Waals surface area contributed by atoms with Crippen LogP contribution < -0.4 is 10.1 Å². The maximum atomic E-state index is 10.6. The van der Waals surface area contributed by atoms with Crippen LogP contribution in [0.4, 0.5) is 0 Å². The summed E-state index contributed by atoms with van der Waals surface area (Å²) in [4.78, 5) is 0. The maximum Gasteiger partial charge on any atom is 0.178 e. The van der Waals surface area contributed by atoms with Gasteiger partial charge in [0.2, 0.25) is 0 Å². The Morgan fingerprint density at radius 3 is 2.80 bits per heavy atom. The lowest BCUT2D eigenvalue weighted by atomic mass is 10.1. The van der Waals surface area contributed by atoms with Gasteiger partial charge in [0.1, 0.15) is 28.4 Å². The van der Waals surface area contributed by atoms with E-state index in [0.717, 1.165) is 34.5 Å². The number of benzene rings is 2. The molecule has 0 unspecified atom stereocenters. The average Bonchev–Trinajstić information content (AvgIpc) is 3.35. The molecule has 2 aromatic heterocycles. The normalized spacial score (nSPS) is 13.0. The zero-order chi connectivity index (χ0) is 20.1. The van der Waals surface area contributed by atoms with Crippen molar-refractivity contribution in [1.82, 2.24) is 10.5 Å². The first-order chi connectivity index (χ1) is 14.1. The van der Waals surface area contributed by atoms with E-state index in [1.54, 1.807) is 18.3 Å². The number of hydrogen-bond donors (Lipinski definition) is 2. The highest BCUT2D eigenvalue weighted by Gasteiger charge is 2.21. The number of halogens is 1. The molecular weight excluding hydrogens is 420 g/mol. The first-order valence-corrected chi connectivity index (χ1v) is 10.5. The summed E-state index contributed by atoms with van der Waals surface area (Å²) in [5, 5.41) is 20.1. The summed E-state index contributed by atoms with van der Waals surface area (Å²) in [6.07, 6.45) is 0.925. The number of aliphatic hydroxyl groups is 1. The Morgan fingerprint density at radius 1 is 1.13 bits per heavy atom. The molecule has 4 aromatic rings. The molecule has 0 aliphatic heterocycles. The monoisotopic (exact) mass is 444 g/mol. The SMILES string of the molecule is C[C@@](O)(CNCCc1ccccc1)COc1cccc(-c2noc3ccsc23)c1.Cl. The van der Waals surface area contributed by atoms with E-state index in [2.05, 4.69) is 22.6 Å². The fourth-order valence-corrected chi connectivity index (χ4v) is 3.94. The number of aromatic nitrogens is 1. The summed E-state index contributed by atoms with van der Waals surface area (Å²) in [6.45, 7) is 3.23. The number of hydrogen-bond acceptors (Lipinski definition) is 6. The van der Waals surface area contributed by atoms with Gasteiger partial charge in [-0.2, -0.15) is 0 Å². The highest BCUT2D eigenvalue weighted by atomic mass is 35.5. The van der Waals surface area contributed by atoms with Crippen LogP contribution in [0.5, 0.6) is 5.75 Å². The molecule has 0 saturated heterocycles.